The van der Waals surface area contributed by atoms with Crippen LogP contribution in [0.4, 0.5) is 4.39 Å². The zero-order valence-electron chi connectivity index (χ0n) is 10.4. The molecular weight excluding hydrogens is 303 g/mol. The number of halogens is 2. The van der Waals surface area contributed by atoms with Gasteiger partial charge in [0.25, 0.3) is 0 Å². The average molecular weight is 319 g/mol. The molecule has 18 heavy (non-hydrogen) atoms. The summed E-state index contributed by atoms with van der Waals surface area (Å²) in [5.74, 6) is -1.09. The second-order valence-corrected chi connectivity index (χ2v) is 5.07. The third kappa shape index (κ3) is 3.98. The van der Waals surface area contributed by atoms with Crippen molar-refractivity contribution in [3.63, 3.8) is 0 Å². The van der Waals surface area contributed by atoms with Gasteiger partial charge in [-0.3, -0.25) is 0 Å². The number of rotatable bonds is 6. The molecule has 0 saturated heterocycles. The van der Waals surface area contributed by atoms with Crippen LogP contribution in [0, 0.1) is 11.7 Å². The lowest BCUT2D eigenvalue weighted by Crippen LogP contribution is -2.08. The van der Waals surface area contributed by atoms with Crippen molar-refractivity contribution < 1.29 is 19.0 Å². The third-order valence-corrected chi connectivity index (χ3v) is 3.43. The van der Waals surface area contributed by atoms with Crippen LogP contribution in [0.25, 0.3) is 0 Å². The Balaban J connectivity index is 2.80. The molecule has 1 N–H and O–H groups in total. The summed E-state index contributed by atoms with van der Waals surface area (Å²) in [5, 5.41) is 9.01. The van der Waals surface area contributed by atoms with E-state index >= 15 is 0 Å². The maximum atomic E-state index is 13.4. The van der Waals surface area contributed by atoms with Gasteiger partial charge in [0.05, 0.1) is 11.1 Å². The summed E-state index contributed by atoms with van der Waals surface area (Å²) in [5.41, 5.74) is -0.0348. The minimum Gasteiger partial charge on any atom is -0.493 e. The molecule has 0 saturated carbocycles. The van der Waals surface area contributed by atoms with Gasteiger partial charge in [0, 0.05) is 6.07 Å². The van der Waals surface area contributed by atoms with Gasteiger partial charge in [0.1, 0.15) is 17.1 Å². The first-order valence-corrected chi connectivity index (χ1v) is 6.60. The van der Waals surface area contributed by atoms with Crippen LogP contribution in [-0.2, 0) is 0 Å². The number of hydrogen-bond donors (Lipinski definition) is 1. The highest BCUT2D eigenvalue weighted by Crippen LogP contribution is 2.27. The van der Waals surface area contributed by atoms with E-state index in [2.05, 4.69) is 29.8 Å². The summed E-state index contributed by atoms with van der Waals surface area (Å²) in [7, 11) is 0. The molecule has 0 bridgehead atoms. The summed E-state index contributed by atoms with van der Waals surface area (Å²) in [6, 6.07) is 2.32. The van der Waals surface area contributed by atoms with Gasteiger partial charge in [-0.25, -0.2) is 9.18 Å². The van der Waals surface area contributed by atoms with Crippen LogP contribution in [0.5, 0.6) is 5.75 Å². The highest BCUT2D eigenvalue weighted by Gasteiger charge is 2.15. The lowest BCUT2D eigenvalue weighted by Gasteiger charge is -2.12. The summed E-state index contributed by atoms with van der Waals surface area (Å²) in [6.07, 6.45) is 1.84. The van der Waals surface area contributed by atoms with Crippen molar-refractivity contribution in [1.29, 1.82) is 0 Å². The van der Waals surface area contributed by atoms with Gasteiger partial charge in [-0.15, -0.1) is 0 Å². The topological polar surface area (TPSA) is 46.5 Å². The average Bonchev–Trinajstić information content (AvgIpc) is 2.32. The molecule has 0 heterocycles. The van der Waals surface area contributed by atoms with Crippen LogP contribution < -0.4 is 4.74 Å². The first-order chi connectivity index (χ1) is 8.45. The van der Waals surface area contributed by atoms with Gasteiger partial charge in [0.15, 0.2) is 0 Å². The van der Waals surface area contributed by atoms with Gasteiger partial charge in [0.2, 0.25) is 0 Å². The lowest BCUT2D eigenvalue weighted by atomic mass is 10.1. The maximum Gasteiger partial charge on any atom is 0.339 e. The Morgan fingerprint density at radius 1 is 1.56 bits per heavy atom. The van der Waals surface area contributed by atoms with E-state index in [1.54, 1.807) is 0 Å². The zero-order valence-corrected chi connectivity index (χ0v) is 12.0. The molecule has 5 heteroatoms. The van der Waals surface area contributed by atoms with Crippen molar-refractivity contribution in [1.82, 2.24) is 0 Å². The fraction of sp³-hybridized carbons (Fsp3) is 0.462. The molecule has 1 unspecified atom stereocenters. The minimum atomic E-state index is -1.13. The smallest absolute Gasteiger partial charge is 0.339 e. The number of hydrogen-bond acceptors (Lipinski definition) is 2. The summed E-state index contributed by atoms with van der Waals surface area (Å²) < 4.78 is 18.8. The Bertz CT molecular complexity index is 434. The number of carbonyl (C=O) groups is 1. The van der Waals surface area contributed by atoms with E-state index in [0.29, 0.717) is 12.5 Å². The van der Waals surface area contributed by atoms with E-state index in [4.69, 9.17) is 9.84 Å². The predicted octanol–water partition coefficient (Wildman–Crippen LogP) is 4.10. The first kappa shape index (κ1) is 15.0. The standard InChI is InChI=1S/C13H16BrFO3/c1-3-8(2)4-5-18-12-7-11(15)10(14)6-9(12)13(16)17/h6-8H,3-5H2,1-2H3,(H,16,17). The molecule has 0 fully saturated rings. The second kappa shape index (κ2) is 6.73. The number of ether oxygens (including phenoxy) is 1. The van der Waals surface area contributed by atoms with Gasteiger partial charge < -0.3 is 9.84 Å². The van der Waals surface area contributed by atoms with E-state index in [0.717, 1.165) is 18.9 Å². The molecule has 0 aliphatic rings. The summed E-state index contributed by atoms with van der Waals surface area (Å²) in [4.78, 5) is 11.0. The van der Waals surface area contributed by atoms with E-state index < -0.39 is 11.8 Å². The van der Waals surface area contributed by atoms with Crippen molar-refractivity contribution in [2.75, 3.05) is 6.61 Å². The Kier molecular flexibility index (Phi) is 5.59. The van der Waals surface area contributed by atoms with Gasteiger partial charge >= 0.3 is 5.97 Å². The van der Waals surface area contributed by atoms with Crippen molar-refractivity contribution in [3.8, 4) is 5.75 Å². The Morgan fingerprint density at radius 3 is 2.78 bits per heavy atom. The molecule has 100 valence electrons. The predicted molar refractivity (Wildman–Crippen MR) is 70.6 cm³/mol. The first-order valence-electron chi connectivity index (χ1n) is 5.80. The molecule has 0 spiro atoms. The van der Waals surface area contributed by atoms with Gasteiger partial charge in [-0.1, -0.05) is 20.3 Å². The number of carboxylic acid groups (broad SMARTS) is 1. The quantitative estimate of drug-likeness (QED) is 0.858. The Morgan fingerprint density at radius 2 is 2.22 bits per heavy atom. The van der Waals surface area contributed by atoms with E-state index in [1.165, 1.54) is 6.07 Å². The van der Waals surface area contributed by atoms with Gasteiger partial charge in [-0.2, -0.15) is 0 Å². The van der Waals surface area contributed by atoms with Crippen LogP contribution in [0.15, 0.2) is 16.6 Å². The van der Waals surface area contributed by atoms with Crippen molar-refractivity contribution in [2.45, 2.75) is 26.7 Å². The SMILES string of the molecule is CCC(C)CCOc1cc(F)c(Br)cc1C(=O)O. The van der Waals surface area contributed by atoms with E-state index in [-0.39, 0.29) is 15.8 Å². The molecule has 0 aromatic heterocycles. The second-order valence-electron chi connectivity index (χ2n) is 4.22. The fourth-order valence-electron chi connectivity index (χ4n) is 1.39. The third-order valence-electron chi connectivity index (χ3n) is 2.82. The van der Waals surface area contributed by atoms with Crippen LogP contribution in [0.2, 0.25) is 0 Å². The van der Waals surface area contributed by atoms with Crippen LogP contribution in [0.1, 0.15) is 37.0 Å². The normalized spacial score (nSPS) is 12.2. The Hall–Kier alpha value is -1.10. The summed E-state index contributed by atoms with van der Waals surface area (Å²) >= 11 is 2.96. The molecule has 3 nitrogen and oxygen atoms in total. The number of carboxylic acids is 1. The minimum absolute atomic E-state index is 0.0348. The highest BCUT2D eigenvalue weighted by molar-refractivity contribution is 9.10. The van der Waals surface area contributed by atoms with Crippen molar-refractivity contribution in [3.05, 3.63) is 28.0 Å². The highest BCUT2D eigenvalue weighted by atomic mass is 79.9. The number of aromatic carboxylic acids is 1. The lowest BCUT2D eigenvalue weighted by molar-refractivity contribution is 0.0692. The molecule has 0 aliphatic carbocycles. The fourth-order valence-corrected chi connectivity index (χ4v) is 1.73. The molecule has 1 aromatic rings. The zero-order chi connectivity index (χ0) is 13.7. The van der Waals surface area contributed by atoms with E-state index in [9.17, 15) is 9.18 Å². The van der Waals surface area contributed by atoms with Gasteiger partial charge in [-0.05, 0) is 34.3 Å². The molecule has 0 radical (unpaired) electrons. The molecular formula is C13H16BrFO3. The largest absolute Gasteiger partial charge is 0.493 e. The van der Waals surface area contributed by atoms with Crippen LogP contribution >= 0.6 is 15.9 Å². The van der Waals surface area contributed by atoms with Crippen molar-refractivity contribution >= 4 is 21.9 Å². The molecule has 1 aromatic carbocycles. The van der Waals surface area contributed by atoms with E-state index in [1.807, 2.05) is 0 Å². The number of benzene rings is 1. The van der Waals surface area contributed by atoms with Crippen molar-refractivity contribution in [2.24, 2.45) is 5.92 Å². The molecule has 0 amide bonds. The van der Waals surface area contributed by atoms with Crippen LogP contribution in [-0.4, -0.2) is 17.7 Å². The molecule has 1 atom stereocenters. The summed E-state index contributed by atoms with van der Waals surface area (Å²) in [6.45, 7) is 4.55. The maximum absolute atomic E-state index is 13.4. The molecule has 1 rings (SSSR count). The van der Waals surface area contributed by atoms with Crippen LogP contribution in [0.3, 0.4) is 0 Å². The molecule has 0 aliphatic heterocycles. The Labute approximate surface area is 114 Å². The monoisotopic (exact) mass is 318 g/mol.